The molecule has 5 rings (SSSR count). The zero-order chi connectivity index (χ0) is 31.2. The monoisotopic (exact) mass is 644 g/mol. The van der Waals surface area contributed by atoms with Gasteiger partial charge >= 0.3 is 11.3 Å². The number of methoxy groups -OCH3 is 1. The highest BCUT2D eigenvalue weighted by Crippen LogP contribution is 2.42. The van der Waals surface area contributed by atoms with Crippen molar-refractivity contribution in [2.45, 2.75) is 68.3 Å². The zero-order valence-corrected chi connectivity index (χ0v) is 24.1. The summed E-state index contributed by atoms with van der Waals surface area (Å²) in [6, 6.07) is 7.87. The molecule has 0 amide bonds. The summed E-state index contributed by atoms with van der Waals surface area (Å²) < 4.78 is 33.7. The van der Waals surface area contributed by atoms with Crippen molar-refractivity contribution in [3.05, 3.63) is 36.4 Å². The number of hydrogen-bond donors (Lipinski definition) is 9. The Morgan fingerprint density at radius 2 is 1.43 bits per heavy atom. The summed E-state index contributed by atoms with van der Waals surface area (Å²) in [6.07, 6.45) is -15.1. The van der Waals surface area contributed by atoms with Crippen molar-refractivity contribution in [3.63, 3.8) is 0 Å². The number of aliphatic hydroxyl groups is 6. The van der Waals surface area contributed by atoms with Gasteiger partial charge in [-0.25, -0.2) is 4.42 Å². The van der Waals surface area contributed by atoms with E-state index in [2.05, 4.69) is 0 Å². The van der Waals surface area contributed by atoms with Crippen LogP contribution in [0.3, 0.4) is 0 Å². The summed E-state index contributed by atoms with van der Waals surface area (Å²) in [7, 11) is 1.34. The van der Waals surface area contributed by atoms with E-state index in [1.807, 2.05) is 0 Å². The number of fused-ring (bicyclic) bond motifs is 1. The molecule has 2 fully saturated rings. The van der Waals surface area contributed by atoms with Gasteiger partial charge in [-0.1, -0.05) is 0 Å². The van der Waals surface area contributed by atoms with Crippen LogP contribution >= 0.6 is 0 Å². The highest BCUT2D eigenvalue weighted by molar-refractivity contribution is 5.88. The van der Waals surface area contributed by atoms with E-state index in [4.69, 9.17) is 28.1 Å². The number of rotatable bonds is 7. The maximum absolute atomic E-state index is 10.7. The molecule has 3 aromatic rings. The summed E-state index contributed by atoms with van der Waals surface area (Å²) in [5.41, 5.74) is 0.352. The van der Waals surface area contributed by atoms with E-state index in [0.29, 0.717) is 5.56 Å². The second kappa shape index (κ2) is 13.4. The molecule has 10 atom stereocenters. The van der Waals surface area contributed by atoms with E-state index < -0.39 is 68.0 Å². The van der Waals surface area contributed by atoms with Crippen LogP contribution < -0.4 is 21.9 Å². The Balaban J connectivity index is 0.00000442. The summed E-state index contributed by atoms with van der Waals surface area (Å²) >= 11 is 0. The van der Waals surface area contributed by atoms with Gasteiger partial charge < -0.3 is 82.1 Å². The van der Waals surface area contributed by atoms with E-state index >= 15 is 0 Å². The molecular formula is C28H33ClO15. The lowest BCUT2D eigenvalue weighted by Crippen LogP contribution is -3.00. The average molecular weight is 645 g/mol. The van der Waals surface area contributed by atoms with E-state index in [9.17, 15) is 46.0 Å². The van der Waals surface area contributed by atoms with Crippen molar-refractivity contribution in [1.82, 2.24) is 0 Å². The third-order valence-corrected chi connectivity index (χ3v) is 7.40. The zero-order valence-electron chi connectivity index (χ0n) is 23.3. The summed E-state index contributed by atoms with van der Waals surface area (Å²) in [6.45, 7) is 0.952. The number of halogens is 1. The van der Waals surface area contributed by atoms with Crippen molar-refractivity contribution < 1.29 is 86.5 Å². The number of aliphatic hydroxyl groups excluding tert-OH is 6. The third-order valence-electron chi connectivity index (χ3n) is 7.40. The topological polar surface area (TPSA) is 240 Å². The van der Waals surface area contributed by atoms with Crippen LogP contribution in [0.2, 0.25) is 0 Å². The largest absolute Gasteiger partial charge is 1.00 e. The Labute approximate surface area is 256 Å². The maximum Gasteiger partial charge on any atom is 0.402 e. The molecule has 3 heterocycles. The first-order chi connectivity index (χ1) is 20.4. The van der Waals surface area contributed by atoms with Gasteiger partial charge in [-0.15, -0.1) is 0 Å². The van der Waals surface area contributed by atoms with Gasteiger partial charge in [0.1, 0.15) is 59.6 Å². The molecule has 2 saturated heterocycles. The smallest absolute Gasteiger partial charge is 0.402 e. The van der Waals surface area contributed by atoms with E-state index in [0.717, 1.165) is 6.07 Å². The summed E-state index contributed by atoms with van der Waals surface area (Å²) in [5.74, 6) is -0.865. The first-order valence-corrected chi connectivity index (χ1v) is 13.3. The lowest BCUT2D eigenvalue weighted by molar-refractivity contribution is -0.318. The van der Waals surface area contributed by atoms with Crippen molar-refractivity contribution >= 4 is 11.0 Å². The second-order valence-corrected chi connectivity index (χ2v) is 10.4. The van der Waals surface area contributed by atoms with Crippen molar-refractivity contribution in [1.29, 1.82) is 0 Å². The van der Waals surface area contributed by atoms with Gasteiger partial charge in [-0.2, -0.15) is 0 Å². The van der Waals surface area contributed by atoms with Crippen LogP contribution in [0.25, 0.3) is 22.3 Å². The first kappa shape index (κ1) is 33.7. The predicted molar refractivity (Wildman–Crippen MR) is 143 cm³/mol. The predicted octanol–water partition coefficient (Wildman–Crippen LogP) is -3.46. The van der Waals surface area contributed by atoms with Crippen molar-refractivity contribution in [3.8, 4) is 40.1 Å². The van der Waals surface area contributed by atoms with E-state index in [1.54, 1.807) is 0 Å². The molecule has 0 aliphatic carbocycles. The summed E-state index contributed by atoms with van der Waals surface area (Å²) in [5, 5.41) is 92.6. The molecule has 44 heavy (non-hydrogen) atoms. The normalized spacial score (nSPS) is 32.2. The van der Waals surface area contributed by atoms with Gasteiger partial charge in [0.05, 0.1) is 31.5 Å². The van der Waals surface area contributed by atoms with Gasteiger partial charge in [0.15, 0.2) is 17.8 Å². The third kappa shape index (κ3) is 6.43. The highest BCUT2D eigenvalue weighted by atomic mass is 35.5. The molecule has 1 aromatic heterocycles. The van der Waals surface area contributed by atoms with Crippen molar-refractivity contribution in [2.24, 2.45) is 0 Å². The molecule has 0 saturated carbocycles. The first-order valence-electron chi connectivity index (χ1n) is 13.3. The average Bonchev–Trinajstić information content (AvgIpc) is 2.98. The molecule has 15 nitrogen and oxygen atoms in total. The molecule has 0 radical (unpaired) electrons. The lowest BCUT2D eigenvalue weighted by Gasteiger charge is -2.42. The van der Waals surface area contributed by atoms with Crippen LogP contribution in [0.1, 0.15) is 6.92 Å². The number of aromatic hydroxyl groups is 3. The lowest BCUT2D eigenvalue weighted by atomic mass is 9.98. The number of ether oxygens (including phenoxy) is 5. The minimum absolute atomic E-state index is 0. The highest BCUT2D eigenvalue weighted by Gasteiger charge is 2.48. The quantitative estimate of drug-likeness (QED) is 0.114. The molecule has 2 aliphatic heterocycles. The maximum atomic E-state index is 10.7. The Kier molecular flexibility index (Phi) is 10.3. The molecule has 242 valence electrons. The van der Waals surface area contributed by atoms with Crippen LogP contribution in [0, 0.1) is 0 Å². The fourth-order valence-corrected chi connectivity index (χ4v) is 4.91. The van der Waals surface area contributed by atoms with Gasteiger partial charge in [0.2, 0.25) is 12.0 Å². The van der Waals surface area contributed by atoms with Gasteiger partial charge in [0.25, 0.3) is 0 Å². The number of benzene rings is 2. The van der Waals surface area contributed by atoms with Gasteiger partial charge in [-0.3, -0.25) is 0 Å². The minimum atomic E-state index is -1.80. The van der Waals surface area contributed by atoms with E-state index in [1.165, 1.54) is 44.4 Å². The van der Waals surface area contributed by atoms with Crippen LogP contribution in [0.15, 0.2) is 40.8 Å². The minimum Gasteiger partial charge on any atom is -1.00 e. The molecule has 2 aliphatic rings. The van der Waals surface area contributed by atoms with Gasteiger partial charge in [-0.05, 0) is 19.1 Å². The number of phenols is 3. The van der Waals surface area contributed by atoms with Crippen LogP contribution in [0.4, 0.5) is 0 Å². The molecule has 2 aromatic carbocycles. The Morgan fingerprint density at radius 1 is 0.750 bits per heavy atom. The Morgan fingerprint density at radius 3 is 2.14 bits per heavy atom. The molecule has 0 spiro atoms. The fourth-order valence-electron chi connectivity index (χ4n) is 4.91. The molecular weight excluding hydrogens is 612 g/mol. The van der Waals surface area contributed by atoms with Crippen LogP contribution in [-0.2, 0) is 14.2 Å². The second-order valence-electron chi connectivity index (χ2n) is 10.4. The number of phenolic OH excluding ortho intramolecular Hbond substituents is 3. The van der Waals surface area contributed by atoms with Gasteiger partial charge in [0, 0.05) is 18.2 Å². The van der Waals surface area contributed by atoms with E-state index in [-0.39, 0.29) is 57.9 Å². The molecule has 0 bridgehead atoms. The molecule has 9 N–H and O–H groups in total. The SMILES string of the molecule is COc1cc(-c2[o+]c3cc(O)cc(O)c3cc2O[C@@H]2O[C@H](CO[C@@H]3O[C@@H](C)[C@H](O)[C@@H](O)[C@H]3O)[C@@H](O)[C@H](O)[C@H]2O)ccc1O.[Cl-]. The summed E-state index contributed by atoms with van der Waals surface area (Å²) in [4.78, 5) is 0. The Bertz CT molecular complexity index is 1460. The van der Waals surface area contributed by atoms with Crippen molar-refractivity contribution in [2.75, 3.05) is 13.7 Å². The fraction of sp³-hybridized carbons (Fsp3) is 0.464. The Hall–Kier alpha value is -3.22. The number of hydrogen-bond acceptors (Lipinski definition) is 14. The molecule has 16 heteroatoms. The molecule has 0 unspecified atom stereocenters. The van der Waals surface area contributed by atoms with Crippen LogP contribution in [0.5, 0.6) is 28.7 Å². The standard InChI is InChI=1S/C28H32O15.ClH/c1-10-20(32)22(34)24(36)27(40-10)39-9-19-21(33)23(35)25(37)28(43-19)42-18-8-13-15(31)6-12(29)7-16(13)41-26(18)11-3-4-14(30)17(5-11)38-2;/h3-8,10,19-25,27-28,32-37H,9H2,1-2H3,(H2-,29,30,31);1H/t10-,19+,20-,21+,22+,23-,24+,25+,27+,28+;/m0./s1. The van der Waals surface area contributed by atoms with Crippen LogP contribution in [-0.4, -0.2) is 121 Å².